The van der Waals surface area contributed by atoms with Crippen LogP contribution in [0.1, 0.15) is 85.6 Å². The van der Waals surface area contributed by atoms with Gasteiger partial charge in [0.25, 0.3) is 0 Å². The molecule has 2 fully saturated rings. The topological polar surface area (TPSA) is 38.7 Å². The van der Waals surface area contributed by atoms with E-state index in [1.807, 2.05) is 0 Å². The summed E-state index contributed by atoms with van der Waals surface area (Å²) < 4.78 is 13.4. The summed E-state index contributed by atoms with van der Waals surface area (Å²) in [5, 5.41) is 11.7. The second kappa shape index (κ2) is 8.79. The van der Waals surface area contributed by atoms with E-state index < -0.39 is 16.6 Å². The van der Waals surface area contributed by atoms with Crippen molar-refractivity contribution in [3.05, 3.63) is 29.8 Å². The van der Waals surface area contributed by atoms with Crippen LogP contribution in [0.5, 0.6) is 5.75 Å². The summed E-state index contributed by atoms with van der Waals surface area (Å²) in [6.45, 7) is 25.4. The summed E-state index contributed by atoms with van der Waals surface area (Å²) >= 11 is 0. The van der Waals surface area contributed by atoms with Gasteiger partial charge in [0.2, 0.25) is 8.32 Å². The van der Waals surface area contributed by atoms with Crippen molar-refractivity contribution in [1.29, 1.82) is 0 Å². The SMILES string of the molecule is CC(C)(C)[Si](C)(C)Oc1ccc([C@@H]2C[C@@H]3CC[C@H](O[Si](C)(C)C(C)(C)C)[C@@]3(C)C[C@H]2O)cc1. The van der Waals surface area contributed by atoms with Crippen molar-refractivity contribution in [2.75, 3.05) is 0 Å². The third-order valence-corrected chi connectivity index (χ3v) is 18.7. The minimum atomic E-state index is -1.84. The van der Waals surface area contributed by atoms with Gasteiger partial charge in [0.1, 0.15) is 5.75 Å². The first-order valence-electron chi connectivity index (χ1n) is 13.0. The van der Waals surface area contributed by atoms with Gasteiger partial charge in [0.05, 0.1) is 12.2 Å². The zero-order valence-electron chi connectivity index (χ0n) is 23.2. The van der Waals surface area contributed by atoms with Gasteiger partial charge in [-0.1, -0.05) is 60.6 Å². The van der Waals surface area contributed by atoms with Gasteiger partial charge in [-0.05, 0) is 91.0 Å². The maximum absolute atomic E-state index is 11.3. The molecule has 0 amide bonds. The molecule has 33 heavy (non-hydrogen) atoms. The highest BCUT2D eigenvalue weighted by Crippen LogP contribution is 2.57. The van der Waals surface area contributed by atoms with Gasteiger partial charge >= 0.3 is 0 Å². The van der Waals surface area contributed by atoms with Gasteiger partial charge in [0.15, 0.2) is 8.32 Å². The predicted octanol–water partition coefficient (Wildman–Crippen LogP) is 8.12. The van der Waals surface area contributed by atoms with E-state index >= 15 is 0 Å². The molecule has 5 atom stereocenters. The average Bonchev–Trinajstić information content (AvgIpc) is 2.94. The molecule has 0 aromatic heterocycles. The van der Waals surface area contributed by atoms with E-state index in [1.54, 1.807) is 0 Å². The van der Waals surface area contributed by atoms with Gasteiger partial charge in [-0.2, -0.15) is 0 Å². The quantitative estimate of drug-likeness (QED) is 0.424. The number of aliphatic hydroxyl groups excluding tert-OH is 1. The molecule has 188 valence electrons. The Morgan fingerprint density at radius 2 is 1.42 bits per heavy atom. The van der Waals surface area contributed by atoms with Gasteiger partial charge in [-0.3, -0.25) is 0 Å². The molecule has 5 heteroatoms. The minimum Gasteiger partial charge on any atom is -0.544 e. The number of hydrogen-bond acceptors (Lipinski definition) is 3. The molecule has 0 aliphatic heterocycles. The van der Waals surface area contributed by atoms with Crippen LogP contribution in [-0.2, 0) is 4.43 Å². The van der Waals surface area contributed by atoms with Crippen molar-refractivity contribution >= 4 is 16.6 Å². The van der Waals surface area contributed by atoms with Crippen LogP contribution in [-0.4, -0.2) is 33.9 Å². The van der Waals surface area contributed by atoms with Crippen molar-refractivity contribution in [1.82, 2.24) is 0 Å². The lowest BCUT2D eigenvalue weighted by Crippen LogP contribution is -2.50. The Balaban J connectivity index is 1.72. The van der Waals surface area contributed by atoms with Gasteiger partial charge < -0.3 is 14.0 Å². The van der Waals surface area contributed by atoms with E-state index in [-0.39, 0.29) is 33.6 Å². The fraction of sp³-hybridized carbons (Fsp3) is 0.786. The number of benzene rings is 1. The number of hydrogen-bond donors (Lipinski definition) is 1. The van der Waals surface area contributed by atoms with Crippen LogP contribution in [0.25, 0.3) is 0 Å². The largest absolute Gasteiger partial charge is 0.544 e. The molecule has 2 aliphatic rings. The Labute approximate surface area is 205 Å². The Morgan fingerprint density at radius 3 is 1.94 bits per heavy atom. The molecule has 1 N–H and O–H groups in total. The highest BCUT2D eigenvalue weighted by Gasteiger charge is 2.55. The fourth-order valence-electron chi connectivity index (χ4n) is 5.33. The summed E-state index contributed by atoms with van der Waals surface area (Å²) in [7, 11) is -3.67. The lowest BCUT2D eigenvalue weighted by atomic mass is 9.63. The molecule has 2 saturated carbocycles. The summed E-state index contributed by atoms with van der Waals surface area (Å²) in [4.78, 5) is 0. The molecule has 3 nitrogen and oxygen atoms in total. The van der Waals surface area contributed by atoms with Gasteiger partial charge in [0, 0.05) is 5.92 Å². The number of aliphatic hydroxyl groups is 1. The molecular weight excluding hydrogens is 440 g/mol. The Morgan fingerprint density at radius 1 is 0.879 bits per heavy atom. The van der Waals surface area contributed by atoms with Crippen molar-refractivity contribution in [3.63, 3.8) is 0 Å². The van der Waals surface area contributed by atoms with E-state index in [4.69, 9.17) is 8.85 Å². The maximum Gasteiger partial charge on any atom is 0.250 e. The summed E-state index contributed by atoms with van der Waals surface area (Å²) in [6.07, 6.45) is 4.20. The van der Waals surface area contributed by atoms with Crippen molar-refractivity contribution in [2.24, 2.45) is 11.3 Å². The number of fused-ring (bicyclic) bond motifs is 1. The number of rotatable bonds is 5. The first-order valence-corrected chi connectivity index (χ1v) is 18.8. The van der Waals surface area contributed by atoms with Crippen LogP contribution in [0.2, 0.25) is 36.3 Å². The molecule has 1 aromatic rings. The van der Waals surface area contributed by atoms with Crippen LogP contribution in [0.4, 0.5) is 0 Å². The first-order chi connectivity index (χ1) is 14.9. The van der Waals surface area contributed by atoms with Crippen LogP contribution in [0.15, 0.2) is 24.3 Å². The summed E-state index contributed by atoms with van der Waals surface area (Å²) in [5.74, 6) is 1.78. The lowest BCUT2D eigenvalue weighted by Gasteiger charge is -2.49. The van der Waals surface area contributed by atoms with Gasteiger partial charge in [-0.15, -0.1) is 0 Å². The molecule has 0 saturated heterocycles. The molecule has 1 aromatic carbocycles. The monoisotopic (exact) mass is 490 g/mol. The van der Waals surface area contributed by atoms with Gasteiger partial charge in [-0.25, -0.2) is 0 Å². The zero-order chi connectivity index (χ0) is 25.0. The second-order valence-corrected chi connectivity index (χ2v) is 23.7. The zero-order valence-corrected chi connectivity index (χ0v) is 25.2. The third-order valence-electron chi connectivity index (χ3n) is 9.83. The highest BCUT2D eigenvalue weighted by atomic mass is 28.4. The Hall–Kier alpha value is -0.626. The van der Waals surface area contributed by atoms with E-state index in [2.05, 4.69) is 98.9 Å². The third kappa shape index (κ3) is 5.31. The maximum atomic E-state index is 11.3. The average molecular weight is 491 g/mol. The highest BCUT2D eigenvalue weighted by molar-refractivity contribution is 6.75. The van der Waals surface area contributed by atoms with E-state index in [0.29, 0.717) is 5.92 Å². The minimum absolute atomic E-state index is 0.0802. The normalized spacial score (nSPS) is 31.4. The summed E-state index contributed by atoms with van der Waals surface area (Å²) in [6, 6.07) is 8.62. The predicted molar refractivity (Wildman–Crippen MR) is 145 cm³/mol. The smallest absolute Gasteiger partial charge is 0.250 e. The van der Waals surface area contributed by atoms with Crippen LogP contribution in [0, 0.1) is 11.3 Å². The molecule has 3 rings (SSSR count). The molecular formula is C28H50O3Si2. The summed E-state index contributed by atoms with van der Waals surface area (Å²) in [5.41, 5.74) is 1.33. The van der Waals surface area contributed by atoms with E-state index in [9.17, 15) is 5.11 Å². The van der Waals surface area contributed by atoms with Crippen molar-refractivity contribution < 1.29 is 14.0 Å². The van der Waals surface area contributed by atoms with Crippen molar-refractivity contribution in [2.45, 2.75) is 129 Å². The van der Waals surface area contributed by atoms with Crippen molar-refractivity contribution in [3.8, 4) is 5.75 Å². The van der Waals surface area contributed by atoms with E-state index in [1.165, 1.54) is 12.0 Å². The molecule has 0 bridgehead atoms. The molecule has 2 aliphatic carbocycles. The second-order valence-electron chi connectivity index (χ2n) is 14.2. The molecule has 0 spiro atoms. The Kier molecular flexibility index (Phi) is 7.19. The molecule has 0 unspecified atom stereocenters. The van der Waals surface area contributed by atoms with Crippen LogP contribution in [0.3, 0.4) is 0 Å². The standard InChI is InChI=1S/C28H50O3Si2/c1-26(2,3)32(8,9)30-22-15-12-20(13-16-22)23-18-21-14-17-25(28(21,7)19-24(23)29)31-33(10,11)27(4,5)6/h12-13,15-16,21,23-25,29H,14,17-19H2,1-11H3/t21-,23-,24+,25-,28-/m0/s1. The Bertz CT molecular complexity index is 819. The van der Waals surface area contributed by atoms with E-state index in [0.717, 1.165) is 25.0 Å². The lowest BCUT2D eigenvalue weighted by molar-refractivity contribution is -0.0417. The van der Waals surface area contributed by atoms with Crippen LogP contribution < -0.4 is 4.43 Å². The van der Waals surface area contributed by atoms with Crippen LogP contribution >= 0.6 is 0 Å². The fourth-order valence-corrected chi connectivity index (χ4v) is 7.82. The first kappa shape index (κ1) is 27.0. The molecule has 0 heterocycles. The molecule has 0 radical (unpaired) electrons.